The van der Waals surface area contributed by atoms with E-state index in [0.717, 1.165) is 22.4 Å². The molecule has 31 heavy (non-hydrogen) atoms. The molecule has 0 saturated heterocycles. The van der Waals surface area contributed by atoms with Gasteiger partial charge < -0.3 is 9.66 Å². The van der Waals surface area contributed by atoms with Gasteiger partial charge >= 0.3 is 0 Å². The number of benzene rings is 3. The van der Waals surface area contributed by atoms with E-state index in [9.17, 15) is 13.9 Å². The van der Waals surface area contributed by atoms with Gasteiger partial charge in [-0.15, -0.1) is 0 Å². The van der Waals surface area contributed by atoms with Gasteiger partial charge in [0.05, 0.1) is 10.7 Å². The number of hydrogen-bond acceptors (Lipinski definition) is 4. The minimum Gasteiger partial charge on any atom is -0.768 e. The molecule has 0 radical (unpaired) electrons. The van der Waals surface area contributed by atoms with Gasteiger partial charge in [-0.2, -0.15) is 0 Å². The monoisotopic (exact) mass is 451 g/mol. The number of aliphatic hydroxyl groups is 1. The number of hydrogen-bond donors (Lipinski definition) is 1. The Kier molecular flexibility index (Phi) is 5.81. The van der Waals surface area contributed by atoms with E-state index in [1.807, 2.05) is 53.1 Å². The molecule has 0 saturated carbocycles. The predicted molar refractivity (Wildman–Crippen MR) is 122 cm³/mol. The first-order valence-electron chi connectivity index (χ1n) is 9.61. The third-order valence-electron chi connectivity index (χ3n) is 4.95. The van der Waals surface area contributed by atoms with Crippen molar-refractivity contribution in [2.45, 2.75) is 24.3 Å². The first-order valence-corrected chi connectivity index (χ1v) is 11.1. The second kappa shape index (κ2) is 8.40. The molecule has 0 aliphatic heterocycles. The minimum absolute atomic E-state index is 0.243. The van der Waals surface area contributed by atoms with Crippen LogP contribution in [0.5, 0.6) is 0 Å². The van der Waals surface area contributed by atoms with Crippen LogP contribution in [0.25, 0.3) is 28.2 Å². The van der Waals surface area contributed by atoms with Crippen molar-refractivity contribution in [2.24, 2.45) is 0 Å². The molecular formula is C24H20ClN2O3S-. The lowest BCUT2D eigenvalue weighted by atomic mass is 10.1. The molecular weight excluding hydrogens is 432 g/mol. The van der Waals surface area contributed by atoms with Crippen LogP contribution in [0.1, 0.15) is 19.5 Å². The Morgan fingerprint density at radius 1 is 1.00 bits per heavy atom. The summed E-state index contributed by atoms with van der Waals surface area (Å²) in [5, 5.41) is 11.1. The Bertz CT molecular complexity index is 1260. The number of aromatic nitrogens is 2. The summed E-state index contributed by atoms with van der Waals surface area (Å²) < 4.78 is 24.4. The summed E-state index contributed by atoms with van der Waals surface area (Å²) in [6.07, 6.45) is 1.80. The second-order valence-electron chi connectivity index (χ2n) is 7.67. The third-order valence-corrected chi connectivity index (χ3v) is 5.92. The molecule has 3 aromatic carbocycles. The highest BCUT2D eigenvalue weighted by atomic mass is 35.5. The molecule has 1 heterocycles. The molecule has 0 aliphatic rings. The normalized spacial score (nSPS) is 12.7. The van der Waals surface area contributed by atoms with E-state index in [1.165, 1.54) is 0 Å². The fourth-order valence-electron chi connectivity index (χ4n) is 3.30. The second-order valence-corrected chi connectivity index (χ2v) is 9.02. The fraction of sp³-hybridized carbons (Fsp3) is 0.125. The molecule has 0 bridgehead atoms. The summed E-state index contributed by atoms with van der Waals surface area (Å²) in [5.41, 5.74) is 2.70. The smallest absolute Gasteiger partial charge is 0.146 e. The zero-order valence-corrected chi connectivity index (χ0v) is 18.5. The average molecular weight is 452 g/mol. The lowest BCUT2D eigenvalue weighted by Gasteiger charge is -2.13. The lowest BCUT2D eigenvalue weighted by molar-refractivity contribution is 0.0743. The van der Waals surface area contributed by atoms with Crippen molar-refractivity contribution in [3.05, 3.63) is 89.7 Å². The number of halogens is 1. The van der Waals surface area contributed by atoms with Gasteiger partial charge in [-0.3, -0.25) is 8.78 Å². The van der Waals surface area contributed by atoms with Crippen LogP contribution < -0.4 is 0 Å². The van der Waals surface area contributed by atoms with E-state index in [0.29, 0.717) is 16.5 Å². The average Bonchev–Trinajstić information content (AvgIpc) is 3.20. The van der Waals surface area contributed by atoms with Crippen molar-refractivity contribution in [2.75, 3.05) is 0 Å². The molecule has 7 heteroatoms. The molecule has 0 spiro atoms. The van der Waals surface area contributed by atoms with Crippen molar-refractivity contribution in [1.82, 2.24) is 9.55 Å². The highest BCUT2D eigenvalue weighted by Crippen LogP contribution is 2.32. The van der Waals surface area contributed by atoms with Crippen molar-refractivity contribution < 1.29 is 13.9 Å². The summed E-state index contributed by atoms with van der Waals surface area (Å²) in [4.78, 5) is 4.90. The highest BCUT2D eigenvalue weighted by molar-refractivity contribution is 7.79. The Morgan fingerprint density at radius 3 is 2.35 bits per heavy atom. The van der Waals surface area contributed by atoms with Gasteiger partial charge in [0.25, 0.3) is 0 Å². The topological polar surface area (TPSA) is 78.2 Å². The van der Waals surface area contributed by atoms with Crippen LogP contribution in [0.3, 0.4) is 0 Å². The van der Waals surface area contributed by atoms with Crippen LogP contribution >= 0.6 is 11.6 Å². The summed E-state index contributed by atoms with van der Waals surface area (Å²) in [6.45, 7) is 3.37. The van der Waals surface area contributed by atoms with Crippen molar-refractivity contribution in [1.29, 1.82) is 0 Å². The SMILES string of the molecule is CC(C)(O)c1cn(-c2ccc(-c3cccc(S(=O)[O-])c3)cc2)c(-c2ccccc2Cl)n1. The lowest BCUT2D eigenvalue weighted by Crippen LogP contribution is -2.15. The Morgan fingerprint density at radius 2 is 1.71 bits per heavy atom. The predicted octanol–water partition coefficient (Wildman–Crippen LogP) is 5.33. The molecule has 1 unspecified atom stereocenters. The maximum atomic E-state index is 11.3. The minimum atomic E-state index is -2.28. The molecule has 1 aromatic heterocycles. The van der Waals surface area contributed by atoms with Gasteiger partial charge in [0, 0.05) is 22.3 Å². The molecule has 4 rings (SSSR count). The van der Waals surface area contributed by atoms with Gasteiger partial charge in [0.1, 0.15) is 11.4 Å². The van der Waals surface area contributed by atoms with Crippen LogP contribution in [0, 0.1) is 0 Å². The number of imidazole rings is 1. The molecule has 1 N–H and O–H groups in total. The van der Waals surface area contributed by atoms with Crippen LogP contribution in [0.2, 0.25) is 5.02 Å². The van der Waals surface area contributed by atoms with Gasteiger partial charge in [-0.25, -0.2) is 4.98 Å². The first-order chi connectivity index (χ1) is 14.7. The standard InChI is InChI=1S/C24H21ClN2O3S/c1-24(2,28)22-15-27(23(26-22)20-8-3-4-9-21(20)25)18-12-10-16(11-13-18)17-6-5-7-19(14-17)31(29)30/h3-15,28H,1-2H3,(H,29,30)/p-1. The van der Waals surface area contributed by atoms with E-state index >= 15 is 0 Å². The molecule has 0 fully saturated rings. The van der Waals surface area contributed by atoms with Crippen molar-refractivity contribution in [3.63, 3.8) is 0 Å². The fourth-order valence-corrected chi connectivity index (χ4v) is 3.93. The molecule has 1 atom stereocenters. The van der Waals surface area contributed by atoms with Crippen molar-refractivity contribution >= 4 is 22.7 Å². The molecule has 0 amide bonds. The molecule has 158 valence electrons. The van der Waals surface area contributed by atoms with E-state index in [-0.39, 0.29) is 4.90 Å². The summed E-state index contributed by atoms with van der Waals surface area (Å²) in [6, 6.07) is 21.9. The van der Waals surface area contributed by atoms with E-state index < -0.39 is 16.7 Å². The van der Waals surface area contributed by atoms with E-state index in [2.05, 4.69) is 4.98 Å². The maximum Gasteiger partial charge on any atom is 0.146 e. The molecule has 4 aromatic rings. The third kappa shape index (κ3) is 4.48. The van der Waals surface area contributed by atoms with Gasteiger partial charge in [-0.1, -0.05) is 48.0 Å². The summed E-state index contributed by atoms with van der Waals surface area (Å²) >= 11 is 4.14. The van der Waals surface area contributed by atoms with Gasteiger partial charge in [0.2, 0.25) is 0 Å². The van der Waals surface area contributed by atoms with Crippen LogP contribution in [-0.2, 0) is 16.7 Å². The highest BCUT2D eigenvalue weighted by Gasteiger charge is 2.23. The summed E-state index contributed by atoms with van der Waals surface area (Å²) in [7, 11) is 0. The molecule has 5 nitrogen and oxygen atoms in total. The van der Waals surface area contributed by atoms with Crippen molar-refractivity contribution in [3.8, 4) is 28.2 Å². The van der Waals surface area contributed by atoms with E-state index in [1.54, 1.807) is 44.3 Å². The maximum absolute atomic E-state index is 11.3. The quantitative estimate of drug-likeness (QED) is 0.416. The Balaban J connectivity index is 1.79. The Hall–Kier alpha value is -2.77. The molecule has 0 aliphatic carbocycles. The Labute approximate surface area is 188 Å². The zero-order chi connectivity index (χ0) is 22.2. The number of nitrogens with zero attached hydrogens (tertiary/aromatic N) is 2. The van der Waals surface area contributed by atoms with Gasteiger partial charge in [-0.05, 0) is 72.5 Å². The zero-order valence-electron chi connectivity index (χ0n) is 16.9. The largest absolute Gasteiger partial charge is 0.768 e. The number of rotatable bonds is 5. The van der Waals surface area contributed by atoms with Gasteiger partial charge in [0.15, 0.2) is 0 Å². The summed E-state index contributed by atoms with van der Waals surface area (Å²) in [5.74, 6) is 0.624. The van der Waals surface area contributed by atoms with Crippen LogP contribution in [0.15, 0.2) is 83.9 Å². The van der Waals surface area contributed by atoms with Crippen LogP contribution in [0.4, 0.5) is 0 Å². The first kappa shape index (κ1) is 21.5. The van der Waals surface area contributed by atoms with E-state index in [4.69, 9.17) is 11.6 Å². The van der Waals surface area contributed by atoms with Crippen LogP contribution in [-0.4, -0.2) is 23.4 Å².